The zero-order valence-corrected chi connectivity index (χ0v) is 10.1. The molecule has 0 aliphatic rings. The maximum absolute atomic E-state index is 4.51. The summed E-state index contributed by atoms with van der Waals surface area (Å²) in [6.07, 6.45) is 0.909. The first-order valence-corrected chi connectivity index (χ1v) is 5.21. The van der Waals surface area contributed by atoms with Gasteiger partial charge in [0.15, 0.2) is 0 Å². The van der Waals surface area contributed by atoms with Crippen LogP contribution < -0.4 is 0 Å². The Balaban J connectivity index is 3.33. The average Bonchev–Trinajstić information content (AvgIpc) is 1.99. The van der Waals surface area contributed by atoms with Crippen LogP contribution in [0.3, 0.4) is 0 Å². The molecule has 0 bridgehead atoms. The topological polar surface area (TPSA) is 25.8 Å². The summed E-state index contributed by atoms with van der Waals surface area (Å²) >= 11 is 0. The predicted octanol–water partition coefficient (Wildman–Crippen LogP) is 2.95. The monoisotopic (exact) mass is 192 g/mol. The Labute approximate surface area is 86.8 Å². The standard InChI is InChI=1S/C12H20N2/c1-7-10-13-8(2)11(9(3)14-10)12(4,5)6/h7H2,1-6H3. The number of hydrogen-bond donors (Lipinski definition) is 0. The summed E-state index contributed by atoms with van der Waals surface area (Å²) in [4.78, 5) is 9.02. The first-order chi connectivity index (χ1) is 6.36. The van der Waals surface area contributed by atoms with Crippen LogP contribution in [0.15, 0.2) is 0 Å². The molecule has 0 aliphatic heterocycles. The maximum atomic E-state index is 4.51. The molecule has 1 rings (SSSR count). The van der Waals surface area contributed by atoms with Gasteiger partial charge in [0.2, 0.25) is 0 Å². The van der Waals surface area contributed by atoms with Gasteiger partial charge in [0, 0.05) is 17.8 Å². The normalized spacial score (nSPS) is 11.9. The van der Waals surface area contributed by atoms with Gasteiger partial charge in [-0.1, -0.05) is 27.7 Å². The molecule has 0 atom stereocenters. The highest BCUT2D eigenvalue weighted by molar-refractivity contribution is 5.31. The molecule has 1 heterocycles. The molecule has 0 unspecified atom stereocenters. The van der Waals surface area contributed by atoms with Gasteiger partial charge in [0.25, 0.3) is 0 Å². The summed E-state index contributed by atoms with van der Waals surface area (Å²) in [6, 6.07) is 0. The number of rotatable bonds is 1. The number of hydrogen-bond acceptors (Lipinski definition) is 2. The van der Waals surface area contributed by atoms with Gasteiger partial charge in [-0.2, -0.15) is 0 Å². The van der Waals surface area contributed by atoms with Crippen LogP contribution in [0.25, 0.3) is 0 Å². The Morgan fingerprint density at radius 2 is 1.43 bits per heavy atom. The van der Waals surface area contributed by atoms with Gasteiger partial charge in [-0.05, 0) is 24.8 Å². The Hall–Kier alpha value is -0.920. The second-order valence-corrected chi connectivity index (χ2v) is 4.79. The van der Waals surface area contributed by atoms with Crippen molar-refractivity contribution in [2.24, 2.45) is 0 Å². The van der Waals surface area contributed by atoms with E-state index in [-0.39, 0.29) is 5.41 Å². The van der Waals surface area contributed by atoms with E-state index in [0.29, 0.717) is 0 Å². The molecule has 0 amide bonds. The minimum absolute atomic E-state index is 0.139. The van der Waals surface area contributed by atoms with E-state index in [4.69, 9.17) is 0 Å². The molecule has 2 nitrogen and oxygen atoms in total. The van der Waals surface area contributed by atoms with Crippen molar-refractivity contribution in [2.75, 3.05) is 0 Å². The Morgan fingerprint density at radius 3 is 1.71 bits per heavy atom. The molecule has 0 fully saturated rings. The lowest BCUT2D eigenvalue weighted by Crippen LogP contribution is -2.18. The van der Waals surface area contributed by atoms with E-state index in [0.717, 1.165) is 23.6 Å². The van der Waals surface area contributed by atoms with Gasteiger partial charge in [-0.3, -0.25) is 0 Å². The summed E-state index contributed by atoms with van der Waals surface area (Å²) in [5, 5.41) is 0. The fourth-order valence-corrected chi connectivity index (χ4v) is 2.03. The first kappa shape index (κ1) is 11.2. The molecule has 1 aromatic rings. The zero-order chi connectivity index (χ0) is 10.9. The van der Waals surface area contributed by atoms with Crippen molar-refractivity contribution in [2.45, 2.75) is 53.4 Å². The smallest absolute Gasteiger partial charge is 0.128 e. The van der Waals surface area contributed by atoms with Gasteiger partial charge < -0.3 is 0 Å². The van der Waals surface area contributed by atoms with Crippen molar-refractivity contribution in [3.63, 3.8) is 0 Å². The number of aryl methyl sites for hydroxylation is 3. The molecule has 1 aromatic heterocycles. The van der Waals surface area contributed by atoms with E-state index in [1.165, 1.54) is 5.56 Å². The van der Waals surface area contributed by atoms with Gasteiger partial charge in [-0.25, -0.2) is 9.97 Å². The van der Waals surface area contributed by atoms with E-state index in [1.54, 1.807) is 0 Å². The van der Waals surface area contributed by atoms with Crippen molar-refractivity contribution >= 4 is 0 Å². The van der Waals surface area contributed by atoms with E-state index in [1.807, 2.05) is 0 Å². The third kappa shape index (κ3) is 2.11. The molecule has 2 heteroatoms. The molecule has 0 saturated heterocycles. The van der Waals surface area contributed by atoms with Crippen LogP contribution in [0.1, 0.15) is 50.5 Å². The molecule has 78 valence electrons. The summed E-state index contributed by atoms with van der Waals surface area (Å²) < 4.78 is 0. The van der Waals surface area contributed by atoms with Crippen molar-refractivity contribution in [1.29, 1.82) is 0 Å². The lowest BCUT2D eigenvalue weighted by molar-refractivity contribution is 0.570. The minimum atomic E-state index is 0.139. The van der Waals surface area contributed by atoms with E-state index < -0.39 is 0 Å². The maximum Gasteiger partial charge on any atom is 0.128 e. The molecule has 0 N–H and O–H groups in total. The van der Waals surface area contributed by atoms with Crippen molar-refractivity contribution in [3.8, 4) is 0 Å². The van der Waals surface area contributed by atoms with E-state index >= 15 is 0 Å². The van der Waals surface area contributed by atoms with Gasteiger partial charge in [0.1, 0.15) is 5.82 Å². The minimum Gasteiger partial charge on any atom is -0.238 e. The largest absolute Gasteiger partial charge is 0.238 e. The second-order valence-electron chi connectivity index (χ2n) is 4.79. The zero-order valence-electron chi connectivity index (χ0n) is 10.1. The molecule has 0 spiro atoms. The average molecular weight is 192 g/mol. The quantitative estimate of drug-likeness (QED) is 0.683. The Bertz CT molecular complexity index is 312. The third-order valence-corrected chi connectivity index (χ3v) is 2.38. The van der Waals surface area contributed by atoms with Crippen LogP contribution in [0.5, 0.6) is 0 Å². The van der Waals surface area contributed by atoms with Gasteiger partial charge in [0.05, 0.1) is 0 Å². The summed E-state index contributed by atoms with van der Waals surface area (Å²) in [5.74, 6) is 0.952. The molecule has 0 aromatic carbocycles. The summed E-state index contributed by atoms with van der Waals surface area (Å²) in [6.45, 7) is 12.9. The Morgan fingerprint density at radius 1 is 1.00 bits per heavy atom. The van der Waals surface area contributed by atoms with Crippen molar-refractivity contribution < 1.29 is 0 Å². The van der Waals surface area contributed by atoms with Crippen molar-refractivity contribution in [3.05, 3.63) is 22.8 Å². The fraction of sp³-hybridized carbons (Fsp3) is 0.667. The highest BCUT2D eigenvalue weighted by atomic mass is 14.9. The second kappa shape index (κ2) is 3.68. The lowest BCUT2D eigenvalue weighted by atomic mass is 9.85. The van der Waals surface area contributed by atoms with E-state index in [9.17, 15) is 0 Å². The molecule has 0 saturated carbocycles. The molecular weight excluding hydrogens is 172 g/mol. The van der Waals surface area contributed by atoms with Crippen LogP contribution in [-0.2, 0) is 11.8 Å². The van der Waals surface area contributed by atoms with Crippen LogP contribution >= 0.6 is 0 Å². The molecular formula is C12H20N2. The SMILES string of the molecule is CCc1nc(C)c(C(C)(C)C)c(C)n1. The van der Waals surface area contributed by atoms with Crippen LogP contribution in [0.4, 0.5) is 0 Å². The summed E-state index contributed by atoms with van der Waals surface area (Å²) in [5.41, 5.74) is 3.68. The number of nitrogens with zero attached hydrogens (tertiary/aromatic N) is 2. The summed E-state index contributed by atoms with van der Waals surface area (Å²) in [7, 11) is 0. The third-order valence-electron chi connectivity index (χ3n) is 2.38. The molecule has 0 radical (unpaired) electrons. The Kier molecular flexibility index (Phi) is 2.93. The number of aromatic nitrogens is 2. The van der Waals surface area contributed by atoms with Crippen LogP contribution in [-0.4, -0.2) is 9.97 Å². The first-order valence-electron chi connectivity index (χ1n) is 5.21. The fourth-order valence-electron chi connectivity index (χ4n) is 2.03. The highest BCUT2D eigenvalue weighted by Gasteiger charge is 2.20. The molecule has 0 aliphatic carbocycles. The van der Waals surface area contributed by atoms with Crippen LogP contribution in [0, 0.1) is 13.8 Å². The molecule has 14 heavy (non-hydrogen) atoms. The highest BCUT2D eigenvalue weighted by Crippen LogP contribution is 2.26. The van der Waals surface area contributed by atoms with Crippen LogP contribution in [0.2, 0.25) is 0 Å². The van der Waals surface area contributed by atoms with Gasteiger partial charge >= 0.3 is 0 Å². The van der Waals surface area contributed by atoms with Gasteiger partial charge in [-0.15, -0.1) is 0 Å². The lowest BCUT2D eigenvalue weighted by Gasteiger charge is -2.23. The predicted molar refractivity (Wildman–Crippen MR) is 59.6 cm³/mol. The van der Waals surface area contributed by atoms with Crippen molar-refractivity contribution in [1.82, 2.24) is 9.97 Å². The van der Waals surface area contributed by atoms with E-state index in [2.05, 4.69) is 51.5 Å².